The standard InChI is InChI=1S/C15H13/c1-3-12(4-2)14-11-7-9-13-8-5-6-10-15(13)14/h5-12H,3H2,1H3. The predicted molar refractivity (Wildman–Crippen MR) is 64.1 cm³/mol. The first-order valence-corrected chi connectivity index (χ1v) is 5.26. The second-order valence-electron chi connectivity index (χ2n) is 3.67. The highest BCUT2D eigenvalue weighted by Crippen LogP contribution is 2.27. The minimum Gasteiger partial charge on any atom is -0.0809 e. The van der Waals surface area contributed by atoms with Crippen LogP contribution in [0.1, 0.15) is 24.8 Å². The maximum atomic E-state index is 7.32. The molecule has 0 spiro atoms. The molecule has 2 rings (SSSR count). The maximum Gasteiger partial charge on any atom is 0.0466 e. The Morgan fingerprint density at radius 2 is 1.87 bits per heavy atom. The van der Waals surface area contributed by atoms with Crippen LogP contribution in [0.5, 0.6) is 0 Å². The molecule has 0 amide bonds. The Kier molecular flexibility index (Phi) is 2.74. The highest BCUT2D eigenvalue weighted by Gasteiger charge is 2.08. The fraction of sp³-hybridized carbons (Fsp3) is 0.200. The molecule has 15 heavy (non-hydrogen) atoms. The number of rotatable bonds is 2. The Bertz CT molecular complexity index is 497. The minimum atomic E-state index is 0.121. The van der Waals surface area contributed by atoms with Gasteiger partial charge in [-0.15, -0.1) is 0 Å². The summed E-state index contributed by atoms with van der Waals surface area (Å²) in [7, 11) is 0. The van der Waals surface area contributed by atoms with E-state index in [1.54, 1.807) is 0 Å². The van der Waals surface area contributed by atoms with Gasteiger partial charge in [-0.2, -0.15) is 0 Å². The molecule has 0 nitrogen and oxygen atoms in total. The van der Waals surface area contributed by atoms with E-state index in [0.29, 0.717) is 0 Å². The third kappa shape index (κ3) is 1.74. The molecule has 2 aromatic carbocycles. The van der Waals surface area contributed by atoms with Crippen molar-refractivity contribution in [2.75, 3.05) is 0 Å². The molecule has 1 atom stereocenters. The Hall–Kier alpha value is -1.74. The molecule has 0 saturated heterocycles. The van der Waals surface area contributed by atoms with Gasteiger partial charge >= 0.3 is 0 Å². The molecule has 0 heterocycles. The molecule has 73 valence electrons. The van der Waals surface area contributed by atoms with Crippen LogP contribution in [-0.2, 0) is 0 Å². The molecule has 0 aliphatic rings. The predicted octanol–water partition coefficient (Wildman–Crippen LogP) is 3.92. The SMILES string of the molecule is [C]#CC(CC)c1cccc2ccccc12. The molecule has 0 aliphatic heterocycles. The molecule has 0 saturated carbocycles. The number of benzene rings is 2. The van der Waals surface area contributed by atoms with E-state index in [1.807, 2.05) is 12.1 Å². The molecule has 0 N–H and O–H groups in total. The van der Waals surface area contributed by atoms with Gasteiger partial charge in [-0.1, -0.05) is 55.3 Å². The van der Waals surface area contributed by atoms with Gasteiger partial charge in [0.25, 0.3) is 0 Å². The minimum absolute atomic E-state index is 0.121. The molecule has 1 radical (unpaired) electrons. The summed E-state index contributed by atoms with van der Waals surface area (Å²) >= 11 is 0. The molecular formula is C15H13. The van der Waals surface area contributed by atoms with Crippen molar-refractivity contribution in [1.29, 1.82) is 0 Å². The lowest BCUT2D eigenvalue weighted by Gasteiger charge is -2.11. The lowest BCUT2D eigenvalue weighted by molar-refractivity contribution is 0.836. The monoisotopic (exact) mass is 193 g/mol. The van der Waals surface area contributed by atoms with Crippen LogP contribution in [0.4, 0.5) is 0 Å². The van der Waals surface area contributed by atoms with E-state index in [4.69, 9.17) is 6.42 Å². The van der Waals surface area contributed by atoms with Crippen molar-refractivity contribution < 1.29 is 0 Å². The van der Waals surface area contributed by atoms with Crippen molar-refractivity contribution in [3.8, 4) is 5.92 Å². The van der Waals surface area contributed by atoms with E-state index in [1.165, 1.54) is 16.3 Å². The highest BCUT2D eigenvalue weighted by atomic mass is 14.1. The quantitative estimate of drug-likeness (QED) is 0.634. The number of hydrogen-bond acceptors (Lipinski definition) is 0. The van der Waals surface area contributed by atoms with Crippen LogP contribution < -0.4 is 0 Å². The summed E-state index contributed by atoms with van der Waals surface area (Å²) in [5, 5.41) is 2.48. The lowest BCUT2D eigenvalue weighted by atomic mass is 9.92. The second-order valence-corrected chi connectivity index (χ2v) is 3.67. The normalized spacial score (nSPS) is 12.3. The average molecular weight is 193 g/mol. The molecule has 2 aromatic rings. The first kappa shape index (κ1) is 9.80. The van der Waals surface area contributed by atoms with Gasteiger partial charge in [-0.25, -0.2) is 0 Å². The molecular weight excluding hydrogens is 180 g/mol. The first-order chi connectivity index (χ1) is 7.36. The van der Waals surface area contributed by atoms with Crippen LogP contribution in [-0.4, -0.2) is 0 Å². The fourth-order valence-corrected chi connectivity index (χ4v) is 1.95. The van der Waals surface area contributed by atoms with Gasteiger partial charge in [-0.05, 0) is 29.2 Å². The smallest absolute Gasteiger partial charge is 0.0466 e. The van der Waals surface area contributed by atoms with Crippen LogP contribution in [0.3, 0.4) is 0 Å². The van der Waals surface area contributed by atoms with Gasteiger partial charge in [-0.3, -0.25) is 0 Å². The summed E-state index contributed by atoms with van der Waals surface area (Å²) in [5.41, 5.74) is 1.21. The van der Waals surface area contributed by atoms with Crippen molar-refractivity contribution >= 4 is 10.8 Å². The number of fused-ring (bicyclic) bond motifs is 1. The summed E-state index contributed by atoms with van der Waals surface area (Å²) in [6.45, 7) is 2.09. The average Bonchev–Trinajstić information content (AvgIpc) is 2.31. The molecule has 0 bridgehead atoms. The zero-order valence-corrected chi connectivity index (χ0v) is 8.83. The maximum absolute atomic E-state index is 7.32. The van der Waals surface area contributed by atoms with Gasteiger partial charge in [0, 0.05) is 5.92 Å². The largest absolute Gasteiger partial charge is 0.0809 e. The molecule has 0 aromatic heterocycles. The van der Waals surface area contributed by atoms with E-state index in [0.717, 1.165) is 6.42 Å². The topological polar surface area (TPSA) is 0 Å². The Morgan fingerprint density at radius 1 is 1.13 bits per heavy atom. The summed E-state index contributed by atoms with van der Waals surface area (Å²) in [4.78, 5) is 0. The van der Waals surface area contributed by atoms with E-state index < -0.39 is 0 Å². The summed E-state index contributed by atoms with van der Waals surface area (Å²) < 4.78 is 0. The zero-order valence-electron chi connectivity index (χ0n) is 8.83. The van der Waals surface area contributed by atoms with Gasteiger partial charge < -0.3 is 0 Å². The van der Waals surface area contributed by atoms with Crippen molar-refractivity contribution in [3.63, 3.8) is 0 Å². The van der Waals surface area contributed by atoms with Crippen molar-refractivity contribution in [1.82, 2.24) is 0 Å². The highest BCUT2D eigenvalue weighted by molar-refractivity contribution is 5.86. The second kappa shape index (κ2) is 4.19. The van der Waals surface area contributed by atoms with E-state index in [-0.39, 0.29) is 5.92 Å². The third-order valence-electron chi connectivity index (χ3n) is 2.78. The lowest BCUT2D eigenvalue weighted by Crippen LogP contribution is -1.94. The fourth-order valence-electron chi connectivity index (χ4n) is 1.95. The Labute approximate surface area is 90.9 Å². The van der Waals surface area contributed by atoms with E-state index >= 15 is 0 Å². The van der Waals surface area contributed by atoms with Crippen LogP contribution in [0, 0.1) is 12.3 Å². The van der Waals surface area contributed by atoms with Crippen molar-refractivity contribution in [3.05, 3.63) is 54.5 Å². The molecule has 0 aliphatic carbocycles. The van der Waals surface area contributed by atoms with Crippen LogP contribution >= 0.6 is 0 Å². The molecule has 0 fully saturated rings. The zero-order chi connectivity index (χ0) is 10.7. The molecule has 1 unspecified atom stereocenters. The van der Waals surface area contributed by atoms with Crippen molar-refractivity contribution in [2.45, 2.75) is 19.3 Å². The first-order valence-electron chi connectivity index (χ1n) is 5.26. The third-order valence-corrected chi connectivity index (χ3v) is 2.78. The Balaban J connectivity index is 2.66. The van der Waals surface area contributed by atoms with Crippen LogP contribution in [0.15, 0.2) is 42.5 Å². The van der Waals surface area contributed by atoms with Crippen LogP contribution in [0.2, 0.25) is 0 Å². The van der Waals surface area contributed by atoms with Crippen molar-refractivity contribution in [2.24, 2.45) is 0 Å². The Morgan fingerprint density at radius 3 is 2.60 bits per heavy atom. The molecule has 0 heteroatoms. The van der Waals surface area contributed by atoms with Gasteiger partial charge in [0.05, 0.1) is 0 Å². The van der Waals surface area contributed by atoms with E-state index in [9.17, 15) is 0 Å². The van der Waals surface area contributed by atoms with Gasteiger partial charge in [0.15, 0.2) is 0 Å². The van der Waals surface area contributed by atoms with E-state index in [2.05, 4.69) is 43.2 Å². The van der Waals surface area contributed by atoms with Crippen LogP contribution in [0.25, 0.3) is 10.8 Å². The summed E-state index contributed by atoms with van der Waals surface area (Å²) in [5.74, 6) is 2.73. The number of hydrogen-bond donors (Lipinski definition) is 0. The summed E-state index contributed by atoms with van der Waals surface area (Å²) in [6, 6.07) is 14.6. The van der Waals surface area contributed by atoms with Gasteiger partial charge in [0.2, 0.25) is 0 Å². The van der Waals surface area contributed by atoms with Gasteiger partial charge in [0.1, 0.15) is 0 Å². The summed E-state index contributed by atoms with van der Waals surface area (Å²) in [6.07, 6.45) is 8.25.